The van der Waals surface area contributed by atoms with E-state index in [9.17, 15) is 4.79 Å². The van der Waals surface area contributed by atoms with Gasteiger partial charge in [0.25, 0.3) is 0 Å². The van der Waals surface area contributed by atoms with Gasteiger partial charge in [-0.25, -0.2) is 0 Å². The first-order valence-corrected chi connectivity index (χ1v) is 8.27. The van der Waals surface area contributed by atoms with Crippen molar-refractivity contribution in [1.29, 1.82) is 0 Å². The van der Waals surface area contributed by atoms with Gasteiger partial charge < -0.3 is 11.7 Å². The molecule has 6 heavy (non-hydrogen) atoms. The van der Waals surface area contributed by atoms with Crippen molar-refractivity contribution in [1.82, 2.24) is 0 Å². The van der Waals surface area contributed by atoms with Crippen LogP contribution in [0.4, 0.5) is 0 Å². The molecule has 3 heteroatoms. The molecule has 0 bridgehead atoms. The van der Waals surface area contributed by atoms with Gasteiger partial charge in [0.2, 0.25) is 0 Å². The van der Waals surface area contributed by atoms with Gasteiger partial charge in [-0.15, -0.1) is 0 Å². The van der Waals surface area contributed by atoms with Crippen molar-refractivity contribution in [3.05, 3.63) is 6.92 Å². The van der Waals surface area contributed by atoms with E-state index in [2.05, 4.69) is 20.5 Å². The Hall–Kier alpha value is 0.643. The number of carbonyl (C=O) groups excluding carboxylic acids is 1. The van der Waals surface area contributed by atoms with Crippen molar-refractivity contribution in [3.8, 4) is 0 Å². The Morgan fingerprint density at radius 2 is 1.83 bits per heavy atom. The molecule has 32 valence electrons. The molecule has 0 aromatic rings. The molecular weight excluding hydrogens is 197 g/mol. The molecule has 0 aliphatic carbocycles. The Balaban J connectivity index is 0. The molecule has 0 rings (SSSR count). The topological polar surface area (TPSA) is 17.1 Å². The fourth-order valence-corrected chi connectivity index (χ4v) is 0. The summed E-state index contributed by atoms with van der Waals surface area (Å²) in [5.74, 6) is -0.0833. The van der Waals surface area contributed by atoms with E-state index in [1.165, 1.54) is 23.3 Å². The minimum atomic E-state index is -0.0833. The third-order valence-electron chi connectivity index (χ3n) is 0. The monoisotopic (exact) mass is 200 g/mol. The third-order valence-corrected chi connectivity index (χ3v) is 0. The van der Waals surface area contributed by atoms with Gasteiger partial charge >= 0.3 is 30.0 Å². The number of hydrogen-bond acceptors (Lipinski definition) is 1. The minimum absolute atomic E-state index is 0.0833. The molecule has 0 unspecified atom stereocenters. The van der Waals surface area contributed by atoms with E-state index in [0.29, 0.717) is 0 Å². The SMILES string of the molecule is [CH2-]C(C)=O.[Zn+][Br]. The van der Waals surface area contributed by atoms with E-state index in [1.54, 1.807) is 0 Å². The Kier molecular flexibility index (Phi) is 15.0. The van der Waals surface area contributed by atoms with E-state index >= 15 is 0 Å². The molecule has 0 saturated carbocycles. The summed E-state index contributed by atoms with van der Waals surface area (Å²) in [6, 6.07) is 0. The molecule has 0 aromatic carbocycles. The van der Waals surface area contributed by atoms with Gasteiger partial charge in [-0.3, -0.25) is 0 Å². The van der Waals surface area contributed by atoms with Crippen LogP contribution < -0.4 is 0 Å². The molecule has 0 amide bonds. The molecule has 0 atom stereocenters. The Labute approximate surface area is 54.5 Å². The molecule has 0 radical (unpaired) electrons. The first-order valence-electron chi connectivity index (χ1n) is 1.32. The molecule has 0 saturated heterocycles. The summed E-state index contributed by atoms with van der Waals surface area (Å²) in [6.07, 6.45) is 0. The Morgan fingerprint density at radius 1 is 1.83 bits per heavy atom. The van der Waals surface area contributed by atoms with Crippen LogP contribution in [-0.2, 0) is 21.1 Å². The average Bonchev–Trinajstić information content (AvgIpc) is 1.41. The molecule has 0 aliphatic heterocycles. The molecule has 0 aromatic heterocycles. The average molecular weight is 202 g/mol. The van der Waals surface area contributed by atoms with Gasteiger partial charge in [0, 0.05) is 0 Å². The fourth-order valence-electron chi connectivity index (χ4n) is 0. The van der Waals surface area contributed by atoms with Crippen molar-refractivity contribution >= 4 is 19.4 Å². The second kappa shape index (κ2) is 9.17. The van der Waals surface area contributed by atoms with Crippen molar-refractivity contribution in [2.45, 2.75) is 6.92 Å². The van der Waals surface area contributed by atoms with Crippen LogP contribution in [0.5, 0.6) is 0 Å². The summed E-state index contributed by atoms with van der Waals surface area (Å²) in [5, 5.41) is 0. The summed E-state index contributed by atoms with van der Waals surface area (Å²) in [4.78, 5) is 9.33. The van der Waals surface area contributed by atoms with Crippen molar-refractivity contribution < 1.29 is 21.1 Å². The van der Waals surface area contributed by atoms with Gasteiger partial charge in [-0.1, -0.05) is 0 Å². The zero-order valence-electron chi connectivity index (χ0n) is 3.70. The van der Waals surface area contributed by atoms with E-state index in [0.717, 1.165) is 0 Å². The van der Waals surface area contributed by atoms with E-state index < -0.39 is 0 Å². The van der Waals surface area contributed by atoms with Crippen LogP contribution in [0.25, 0.3) is 0 Å². The maximum atomic E-state index is 9.33. The summed E-state index contributed by atoms with van der Waals surface area (Å²) in [7, 11) is 0. The van der Waals surface area contributed by atoms with Crippen LogP contribution in [0.3, 0.4) is 0 Å². The third kappa shape index (κ3) is 149. The Morgan fingerprint density at radius 3 is 1.83 bits per heavy atom. The van der Waals surface area contributed by atoms with Crippen LogP contribution in [-0.4, -0.2) is 5.78 Å². The second-order valence-corrected chi connectivity index (χ2v) is 0.702. The van der Waals surface area contributed by atoms with Crippen molar-refractivity contribution in [2.24, 2.45) is 0 Å². The van der Waals surface area contributed by atoms with Crippen LogP contribution in [0, 0.1) is 6.92 Å². The molecule has 0 spiro atoms. The molecular formula is C3H5BrOZn. The van der Waals surface area contributed by atoms with Crippen LogP contribution in [0.1, 0.15) is 6.92 Å². The molecule has 1 nitrogen and oxygen atoms in total. The fraction of sp³-hybridized carbons (Fsp3) is 0.333. The van der Waals surface area contributed by atoms with Crippen molar-refractivity contribution in [2.75, 3.05) is 0 Å². The van der Waals surface area contributed by atoms with Gasteiger partial charge in [0.15, 0.2) is 0 Å². The molecule has 0 N–H and O–H groups in total. The zero-order valence-corrected chi connectivity index (χ0v) is 8.25. The zero-order chi connectivity index (χ0) is 5.58. The van der Waals surface area contributed by atoms with Crippen LogP contribution in [0.15, 0.2) is 0 Å². The molecule has 0 heterocycles. The van der Waals surface area contributed by atoms with Gasteiger partial charge in [0.05, 0.1) is 0 Å². The van der Waals surface area contributed by atoms with Crippen LogP contribution >= 0.6 is 13.6 Å². The quantitative estimate of drug-likeness (QED) is 0.427. The van der Waals surface area contributed by atoms with Gasteiger partial charge in [-0.2, -0.15) is 0 Å². The maximum absolute atomic E-state index is 9.33. The van der Waals surface area contributed by atoms with Crippen molar-refractivity contribution in [3.63, 3.8) is 0 Å². The van der Waals surface area contributed by atoms with Gasteiger partial charge in [0.1, 0.15) is 0 Å². The van der Waals surface area contributed by atoms with Crippen LogP contribution in [0.2, 0.25) is 0 Å². The number of halogens is 1. The number of Topliss-reactive ketones (excluding diaryl/α,β-unsaturated/α-hetero) is 1. The van der Waals surface area contributed by atoms with E-state index in [-0.39, 0.29) is 5.78 Å². The summed E-state index contributed by atoms with van der Waals surface area (Å²) >= 11 is 4.25. The first kappa shape index (κ1) is 9.81. The summed E-state index contributed by atoms with van der Waals surface area (Å²) in [6.45, 7) is 4.42. The van der Waals surface area contributed by atoms with E-state index in [1.807, 2.05) is 0 Å². The summed E-state index contributed by atoms with van der Waals surface area (Å²) in [5.41, 5.74) is 0. The Bertz CT molecular complexity index is 33.8. The summed E-state index contributed by atoms with van der Waals surface area (Å²) < 4.78 is 0. The standard InChI is InChI=1S/C3H5O.BrH.Zn/c1-3(2)4;;/h1H2,2H3;1H;/q-1;;+2/p-1. The predicted octanol–water partition coefficient (Wildman–Crippen LogP) is 1.25. The molecule has 0 fully saturated rings. The molecule has 0 aliphatic rings. The second-order valence-electron chi connectivity index (χ2n) is 0.702. The van der Waals surface area contributed by atoms with E-state index in [4.69, 9.17) is 0 Å². The number of ketones is 1. The normalized spacial score (nSPS) is 5.33. The predicted molar refractivity (Wildman–Crippen MR) is 25.0 cm³/mol. The van der Waals surface area contributed by atoms with Gasteiger partial charge in [-0.05, 0) is 12.7 Å². The first-order chi connectivity index (χ1) is 2.73. The number of carbonyl (C=O) groups is 1. The number of hydrogen-bond donors (Lipinski definition) is 0. The number of rotatable bonds is 0.